The number of ether oxygens (including phenoxy) is 1. The number of fused-ring (bicyclic) bond motifs is 1. The summed E-state index contributed by atoms with van der Waals surface area (Å²) in [6.07, 6.45) is 0.746. The average molecular weight is 410 g/mol. The fraction of sp³-hybridized carbons (Fsp3) is 0.389. The summed E-state index contributed by atoms with van der Waals surface area (Å²) in [5.41, 5.74) is 1.24. The molecule has 1 atom stereocenters. The van der Waals surface area contributed by atoms with Gasteiger partial charge in [-0.25, -0.2) is 9.37 Å². The van der Waals surface area contributed by atoms with Crippen molar-refractivity contribution in [1.82, 2.24) is 9.55 Å². The van der Waals surface area contributed by atoms with Gasteiger partial charge in [-0.05, 0) is 24.3 Å². The van der Waals surface area contributed by atoms with Gasteiger partial charge in [0.15, 0.2) is 5.16 Å². The second-order valence-corrected chi connectivity index (χ2v) is 8.49. The van der Waals surface area contributed by atoms with Crippen LogP contribution in [0.3, 0.4) is 0 Å². The van der Waals surface area contributed by atoms with Crippen LogP contribution in [0.15, 0.2) is 39.1 Å². The third-order valence-corrected chi connectivity index (χ3v) is 6.13. The molecule has 0 spiro atoms. The maximum absolute atomic E-state index is 12.9. The standard InChI is InChI=1S/C18H20FN3O3S2/c1-11-9-14-16(27-11)17(24)22(7-8-25-2)18(21-14)26-10-15(23)20-13-5-3-12(19)4-6-13/h3-6,11H,7-10H2,1-2H3,(H,20,23)/t11-/m0/s1. The molecule has 144 valence electrons. The lowest BCUT2D eigenvalue weighted by Crippen LogP contribution is -2.27. The molecular weight excluding hydrogens is 389 g/mol. The summed E-state index contributed by atoms with van der Waals surface area (Å²) >= 11 is 2.76. The van der Waals surface area contributed by atoms with Crippen LogP contribution in [0.1, 0.15) is 12.6 Å². The first kappa shape index (κ1) is 19.9. The number of anilines is 1. The van der Waals surface area contributed by atoms with Crippen molar-refractivity contribution in [2.24, 2.45) is 0 Å². The third-order valence-electron chi connectivity index (χ3n) is 3.94. The maximum atomic E-state index is 12.9. The molecule has 3 rings (SSSR count). The van der Waals surface area contributed by atoms with Crippen LogP contribution in [0.5, 0.6) is 0 Å². The van der Waals surface area contributed by atoms with E-state index in [1.54, 1.807) is 23.4 Å². The van der Waals surface area contributed by atoms with E-state index in [1.807, 2.05) is 0 Å². The highest BCUT2D eigenvalue weighted by molar-refractivity contribution is 8.00. The molecule has 6 nitrogen and oxygen atoms in total. The van der Waals surface area contributed by atoms with Crippen molar-refractivity contribution in [3.05, 3.63) is 46.1 Å². The van der Waals surface area contributed by atoms with Gasteiger partial charge in [-0.15, -0.1) is 11.8 Å². The number of nitrogens with zero attached hydrogens (tertiary/aromatic N) is 2. The lowest BCUT2D eigenvalue weighted by atomic mass is 10.2. The van der Waals surface area contributed by atoms with Crippen LogP contribution >= 0.6 is 23.5 Å². The summed E-state index contributed by atoms with van der Waals surface area (Å²) < 4.78 is 19.6. The highest BCUT2D eigenvalue weighted by Gasteiger charge is 2.26. The van der Waals surface area contributed by atoms with Crippen LogP contribution in [0.25, 0.3) is 0 Å². The summed E-state index contributed by atoms with van der Waals surface area (Å²) in [7, 11) is 1.58. The van der Waals surface area contributed by atoms with Crippen LogP contribution in [-0.4, -0.2) is 40.2 Å². The molecule has 1 amide bonds. The Balaban J connectivity index is 1.74. The van der Waals surface area contributed by atoms with Crippen molar-refractivity contribution < 1.29 is 13.9 Å². The number of carbonyl (C=O) groups excluding carboxylic acids is 1. The van der Waals surface area contributed by atoms with Crippen LogP contribution in [0.2, 0.25) is 0 Å². The fourth-order valence-corrected chi connectivity index (χ4v) is 4.64. The quantitative estimate of drug-likeness (QED) is 0.560. The second kappa shape index (κ2) is 8.90. The predicted molar refractivity (Wildman–Crippen MR) is 105 cm³/mol. The Kier molecular flexibility index (Phi) is 6.56. The number of benzene rings is 1. The number of thioether (sulfide) groups is 2. The molecule has 0 unspecified atom stereocenters. The summed E-state index contributed by atoms with van der Waals surface area (Å²) in [5, 5.41) is 3.54. The molecule has 1 aromatic heterocycles. The predicted octanol–water partition coefficient (Wildman–Crippen LogP) is 2.80. The topological polar surface area (TPSA) is 73.2 Å². The zero-order chi connectivity index (χ0) is 19.4. The van der Waals surface area contributed by atoms with E-state index in [9.17, 15) is 14.0 Å². The van der Waals surface area contributed by atoms with Gasteiger partial charge in [0.25, 0.3) is 5.56 Å². The minimum atomic E-state index is -0.362. The van der Waals surface area contributed by atoms with Gasteiger partial charge < -0.3 is 10.1 Å². The first-order valence-corrected chi connectivity index (χ1v) is 10.3. The molecule has 2 aromatic rings. The largest absolute Gasteiger partial charge is 0.383 e. The Labute approximate surface area is 164 Å². The van der Waals surface area contributed by atoms with E-state index in [1.165, 1.54) is 36.0 Å². The Morgan fingerprint density at radius 1 is 1.44 bits per heavy atom. The van der Waals surface area contributed by atoms with E-state index < -0.39 is 0 Å². The molecule has 9 heteroatoms. The molecule has 0 radical (unpaired) electrons. The van der Waals surface area contributed by atoms with Gasteiger partial charge in [0, 0.05) is 24.5 Å². The zero-order valence-corrected chi connectivity index (χ0v) is 16.7. The number of hydrogen-bond acceptors (Lipinski definition) is 6. The van der Waals surface area contributed by atoms with E-state index >= 15 is 0 Å². The van der Waals surface area contributed by atoms with E-state index in [4.69, 9.17) is 4.74 Å². The lowest BCUT2D eigenvalue weighted by Gasteiger charge is -2.13. The van der Waals surface area contributed by atoms with Gasteiger partial charge in [0.2, 0.25) is 5.91 Å². The van der Waals surface area contributed by atoms with Crippen LogP contribution in [0, 0.1) is 5.82 Å². The van der Waals surface area contributed by atoms with E-state index in [2.05, 4.69) is 17.2 Å². The Morgan fingerprint density at radius 2 is 2.19 bits per heavy atom. The first-order valence-electron chi connectivity index (χ1n) is 8.45. The molecule has 27 heavy (non-hydrogen) atoms. The van der Waals surface area contributed by atoms with Crippen molar-refractivity contribution in [3.8, 4) is 0 Å². The van der Waals surface area contributed by atoms with Crippen molar-refractivity contribution in [2.45, 2.75) is 35.2 Å². The maximum Gasteiger partial charge on any atom is 0.268 e. The smallest absolute Gasteiger partial charge is 0.268 e. The summed E-state index contributed by atoms with van der Waals surface area (Å²) in [6.45, 7) is 2.83. The van der Waals surface area contributed by atoms with Gasteiger partial charge in [-0.2, -0.15) is 0 Å². The third kappa shape index (κ3) is 4.91. The molecular formula is C18H20FN3O3S2. The number of methoxy groups -OCH3 is 1. The zero-order valence-electron chi connectivity index (χ0n) is 15.0. The minimum Gasteiger partial charge on any atom is -0.383 e. The van der Waals surface area contributed by atoms with Gasteiger partial charge in [-0.3, -0.25) is 14.2 Å². The number of halogens is 1. The highest BCUT2D eigenvalue weighted by atomic mass is 32.2. The summed E-state index contributed by atoms with van der Waals surface area (Å²) in [6, 6.07) is 5.56. The summed E-state index contributed by atoms with van der Waals surface area (Å²) in [5.74, 6) is -0.514. The van der Waals surface area contributed by atoms with Crippen LogP contribution in [-0.2, 0) is 22.5 Å². The van der Waals surface area contributed by atoms with Gasteiger partial charge in [0.1, 0.15) is 5.82 Å². The highest BCUT2D eigenvalue weighted by Crippen LogP contribution is 2.34. The number of nitrogens with one attached hydrogen (secondary N) is 1. The Bertz CT molecular complexity index is 887. The fourth-order valence-electron chi connectivity index (χ4n) is 2.68. The molecule has 1 N–H and O–H groups in total. The number of hydrogen-bond donors (Lipinski definition) is 1. The normalized spacial score (nSPS) is 15.6. The van der Waals surface area contributed by atoms with Crippen molar-refractivity contribution >= 4 is 35.1 Å². The lowest BCUT2D eigenvalue weighted by molar-refractivity contribution is -0.113. The van der Waals surface area contributed by atoms with Crippen molar-refractivity contribution in [1.29, 1.82) is 0 Å². The molecule has 1 aliphatic rings. The van der Waals surface area contributed by atoms with E-state index in [0.29, 0.717) is 34.1 Å². The molecule has 1 aliphatic heterocycles. The molecule has 0 bridgehead atoms. The summed E-state index contributed by atoms with van der Waals surface area (Å²) in [4.78, 5) is 30.3. The number of carbonyl (C=O) groups is 1. The number of rotatable bonds is 7. The van der Waals surface area contributed by atoms with E-state index in [0.717, 1.165) is 12.1 Å². The molecule has 2 heterocycles. The molecule has 0 fully saturated rings. The SMILES string of the molecule is COCCn1c(SCC(=O)Nc2ccc(F)cc2)nc2c(c1=O)S[C@@H](C)C2. The minimum absolute atomic E-state index is 0.0761. The molecule has 0 saturated carbocycles. The Hall–Kier alpha value is -1.84. The Morgan fingerprint density at radius 3 is 2.89 bits per heavy atom. The molecule has 1 aromatic carbocycles. The average Bonchev–Trinajstić information content (AvgIpc) is 3.02. The van der Waals surface area contributed by atoms with Gasteiger partial charge >= 0.3 is 0 Å². The van der Waals surface area contributed by atoms with Crippen molar-refractivity contribution in [2.75, 3.05) is 24.8 Å². The first-order chi connectivity index (χ1) is 13.0. The van der Waals surface area contributed by atoms with Crippen LogP contribution < -0.4 is 10.9 Å². The number of amides is 1. The molecule has 0 saturated heterocycles. The van der Waals surface area contributed by atoms with Crippen molar-refractivity contribution in [3.63, 3.8) is 0 Å². The molecule has 0 aliphatic carbocycles. The van der Waals surface area contributed by atoms with E-state index in [-0.39, 0.29) is 23.0 Å². The second-order valence-electron chi connectivity index (χ2n) is 6.10. The van der Waals surface area contributed by atoms with Crippen LogP contribution in [0.4, 0.5) is 10.1 Å². The monoisotopic (exact) mass is 409 g/mol. The number of aromatic nitrogens is 2. The van der Waals surface area contributed by atoms with Gasteiger partial charge in [-0.1, -0.05) is 18.7 Å². The van der Waals surface area contributed by atoms with Gasteiger partial charge in [0.05, 0.1) is 29.5 Å².